The number of methoxy groups -OCH3 is 1. The SMILES string of the molecule is COc1ccc(O)c(-c2nn3c(C(C)(C)C)nnc3s2)c1. The van der Waals surface area contributed by atoms with Crippen molar-refractivity contribution in [2.24, 2.45) is 0 Å². The van der Waals surface area contributed by atoms with Gasteiger partial charge in [-0.2, -0.15) is 9.61 Å². The fourth-order valence-electron chi connectivity index (χ4n) is 2.01. The number of aromatic nitrogens is 4. The molecule has 1 aromatic carbocycles. The largest absolute Gasteiger partial charge is 0.507 e. The van der Waals surface area contributed by atoms with E-state index in [9.17, 15) is 5.11 Å². The van der Waals surface area contributed by atoms with Crippen LogP contribution in [-0.2, 0) is 5.41 Å². The van der Waals surface area contributed by atoms with E-state index < -0.39 is 0 Å². The van der Waals surface area contributed by atoms with E-state index in [1.54, 1.807) is 29.8 Å². The first kappa shape index (κ1) is 13.8. The average Bonchev–Trinajstić information content (AvgIpc) is 2.97. The maximum Gasteiger partial charge on any atom is 0.235 e. The van der Waals surface area contributed by atoms with Crippen LogP contribution in [0.25, 0.3) is 15.5 Å². The summed E-state index contributed by atoms with van der Waals surface area (Å²) in [6.07, 6.45) is 0. The molecular formula is C14H16N4O2S. The Balaban J connectivity index is 2.16. The summed E-state index contributed by atoms with van der Waals surface area (Å²) in [5.74, 6) is 1.63. The number of hydrogen-bond donors (Lipinski definition) is 1. The lowest BCUT2D eigenvalue weighted by Gasteiger charge is -2.13. The Labute approximate surface area is 126 Å². The zero-order chi connectivity index (χ0) is 15.2. The summed E-state index contributed by atoms with van der Waals surface area (Å²) in [4.78, 5) is 0.706. The van der Waals surface area contributed by atoms with Crippen molar-refractivity contribution in [3.63, 3.8) is 0 Å². The highest BCUT2D eigenvalue weighted by Gasteiger charge is 2.24. The molecule has 0 fully saturated rings. The Morgan fingerprint density at radius 2 is 2.00 bits per heavy atom. The number of benzene rings is 1. The lowest BCUT2D eigenvalue weighted by Crippen LogP contribution is -2.16. The molecule has 0 aliphatic heterocycles. The van der Waals surface area contributed by atoms with Crippen LogP contribution in [0.1, 0.15) is 26.6 Å². The van der Waals surface area contributed by atoms with Crippen molar-refractivity contribution in [2.45, 2.75) is 26.2 Å². The summed E-state index contributed by atoms with van der Waals surface area (Å²) in [5.41, 5.74) is 0.478. The molecule has 0 aliphatic rings. The molecule has 0 unspecified atom stereocenters. The van der Waals surface area contributed by atoms with E-state index in [0.29, 0.717) is 21.3 Å². The van der Waals surface area contributed by atoms with Gasteiger partial charge < -0.3 is 9.84 Å². The Morgan fingerprint density at radius 1 is 1.24 bits per heavy atom. The number of phenols is 1. The maximum absolute atomic E-state index is 10.0. The Hall–Kier alpha value is -2.15. The Bertz CT molecular complexity index is 801. The van der Waals surface area contributed by atoms with Gasteiger partial charge in [-0.1, -0.05) is 32.1 Å². The molecule has 3 rings (SSSR count). The molecule has 0 saturated heterocycles. The highest BCUT2D eigenvalue weighted by atomic mass is 32.1. The second-order valence-electron chi connectivity index (χ2n) is 5.76. The topological polar surface area (TPSA) is 72.5 Å². The highest BCUT2D eigenvalue weighted by Crippen LogP contribution is 2.35. The third-order valence-electron chi connectivity index (χ3n) is 3.10. The van der Waals surface area contributed by atoms with Gasteiger partial charge in [0.15, 0.2) is 10.8 Å². The van der Waals surface area contributed by atoms with Crippen LogP contribution >= 0.6 is 11.3 Å². The lowest BCUT2D eigenvalue weighted by molar-refractivity contribution is 0.412. The monoisotopic (exact) mass is 304 g/mol. The zero-order valence-corrected chi connectivity index (χ0v) is 13.1. The summed E-state index contributed by atoms with van der Waals surface area (Å²) in [6, 6.07) is 5.07. The van der Waals surface area contributed by atoms with Gasteiger partial charge in [0, 0.05) is 5.41 Å². The number of aromatic hydroxyl groups is 1. The minimum absolute atomic E-state index is 0.152. The van der Waals surface area contributed by atoms with E-state index in [-0.39, 0.29) is 11.2 Å². The van der Waals surface area contributed by atoms with Crippen LogP contribution in [0, 0.1) is 0 Å². The Kier molecular flexibility index (Phi) is 3.09. The molecule has 1 N–H and O–H groups in total. The normalized spacial score (nSPS) is 12.0. The number of rotatable bonds is 2. The van der Waals surface area contributed by atoms with Crippen LogP contribution in [0.3, 0.4) is 0 Å². The first-order valence-electron chi connectivity index (χ1n) is 6.50. The second kappa shape index (κ2) is 4.70. The van der Waals surface area contributed by atoms with Gasteiger partial charge in [-0.25, -0.2) is 0 Å². The minimum Gasteiger partial charge on any atom is -0.507 e. The molecule has 21 heavy (non-hydrogen) atoms. The first-order chi connectivity index (χ1) is 9.90. The minimum atomic E-state index is -0.152. The molecule has 7 heteroatoms. The number of nitrogens with zero attached hydrogens (tertiary/aromatic N) is 4. The lowest BCUT2D eigenvalue weighted by atomic mass is 9.96. The standard InChI is InChI=1S/C14H16N4O2S/c1-14(2,3)12-15-16-13-18(12)17-11(21-13)9-7-8(20-4)5-6-10(9)19/h5-7,19H,1-4H3. The van der Waals surface area contributed by atoms with Crippen molar-refractivity contribution in [2.75, 3.05) is 7.11 Å². The molecule has 0 atom stereocenters. The molecule has 0 radical (unpaired) electrons. The first-order valence-corrected chi connectivity index (χ1v) is 7.32. The van der Waals surface area contributed by atoms with Gasteiger partial charge in [0.2, 0.25) is 4.96 Å². The quantitative estimate of drug-likeness (QED) is 0.788. The molecule has 0 spiro atoms. The van der Waals surface area contributed by atoms with Crippen LogP contribution in [0.5, 0.6) is 11.5 Å². The summed E-state index contributed by atoms with van der Waals surface area (Å²) in [6.45, 7) is 6.18. The maximum atomic E-state index is 10.0. The van der Waals surface area contributed by atoms with E-state index in [2.05, 4.69) is 36.1 Å². The summed E-state index contributed by atoms with van der Waals surface area (Å²) in [5, 5.41) is 23.6. The third-order valence-corrected chi connectivity index (χ3v) is 4.03. The molecule has 110 valence electrons. The van der Waals surface area contributed by atoms with E-state index >= 15 is 0 Å². The van der Waals surface area contributed by atoms with E-state index in [0.717, 1.165) is 5.82 Å². The van der Waals surface area contributed by atoms with Gasteiger partial charge in [-0.3, -0.25) is 0 Å². The van der Waals surface area contributed by atoms with Crippen LogP contribution in [0.4, 0.5) is 0 Å². The van der Waals surface area contributed by atoms with Crippen LogP contribution in [-0.4, -0.2) is 32.0 Å². The van der Waals surface area contributed by atoms with Crippen molar-refractivity contribution in [1.82, 2.24) is 19.8 Å². The number of fused-ring (bicyclic) bond motifs is 1. The fourth-order valence-corrected chi connectivity index (χ4v) is 2.87. The average molecular weight is 304 g/mol. The van der Waals surface area contributed by atoms with Crippen molar-refractivity contribution in [3.05, 3.63) is 24.0 Å². The third kappa shape index (κ3) is 2.33. The number of ether oxygens (including phenoxy) is 1. The fraction of sp³-hybridized carbons (Fsp3) is 0.357. The number of phenolic OH excluding ortho intramolecular Hbond substituents is 1. The zero-order valence-electron chi connectivity index (χ0n) is 12.3. The smallest absolute Gasteiger partial charge is 0.235 e. The van der Waals surface area contributed by atoms with Crippen LogP contribution < -0.4 is 4.74 Å². The van der Waals surface area contributed by atoms with Gasteiger partial charge in [-0.05, 0) is 18.2 Å². The van der Waals surface area contributed by atoms with Crippen molar-refractivity contribution >= 4 is 16.3 Å². The van der Waals surface area contributed by atoms with E-state index in [1.165, 1.54) is 11.3 Å². The van der Waals surface area contributed by atoms with Crippen molar-refractivity contribution in [1.29, 1.82) is 0 Å². The predicted octanol–water partition coefficient (Wildman–Crippen LogP) is 2.86. The van der Waals surface area contributed by atoms with Gasteiger partial charge in [0.25, 0.3) is 0 Å². The summed E-state index contributed by atoms with van der Waals surface area (Å²) < 4.78 is 6.93. The van der Waals surface area contributed by atoms with Gasteiger partial charge in [0.05, 0.1) is 12.7 Å². The van der Waals surface area contributed by atoms with Crippen LogP contribution in [0.2, 0.25) is 0 Å². The predicted molar refractivity (Wildman–Crippen MR) is 81.0 cm³/mol. The molecular weight excluding hydrogens is 288 g/mol. The highest BCUT2D eigenvalue weighted by molar-refractivity contribution is 7.19. The molecule has 0 aliphatic carbocycles. The van der Waals surface area contributed by atoms with Crippen molar-refractivity contribution < 1.29 is 9.84 Å². The molecule has 2 heterocycles. The van der Waals surface area contributed by atoms with Crippen LogP contribution in [0.15, 0.2) is 18.2 Å². The molecule has 0 saturated carbocycles. The van der Waals surface area contributed by atoms with Gasteiger partial charge in [-0.15, -0.1) is 10.2 Å². The second-order valence-corrected chi connectivity index (χ2v) is 6.71. The molecule has 6 nitrogen and oxygen atoms in total. The van der Waals surface area contributed by atoms with Gasteiger partial charge >= 0.3 is 0 Å². The van der Waals surface area contributed by atoms with Gasteiger partial charge in [0.1, 0.15) is 11.5 Å². The molecule has 3 aromatic rings. The summed E-state index contributed by atoms with van der Waals surface area (Å²) in [7, 11) is 1.59. The summed E-state index contributed by atoms with van der Waals surface area (Å²) >= 11 is 1.38. The molecule has 0 amide bonds. The van der Waals surface area contributed by atoms with E-state index in [1.807, 2.05) is 0 Å². The number of hydrogen-bond acceptors (Lipinski definition) is 6. The molecule has 0 bridgehead atoms. The van der Waals surface area contributed by atoms with Crippen molar-refractivity contribution in [3.8, 4) is 22.1 Å². The van der Waals surface area contributed by atoms with E-state index in [4.69, 9.17) is 4.74 Å². The Morgan fingerprint density at radius 3 is 2.67 bits per heavy atom. The molecule has 2 aromatic heterocycles.